The summed E-state index contributed by atoms with van der Waals surface area (Å²) in [5.41, 5.74) is 9.68. The van der Waals surface area contributed by atoms with E-state index in [1.807, 2.05) is 6.07 Å². The molecule has 5 N–H and O–H groups in total. The molecule has 0 saturated carbocycles. The van der Waals surface area contributed by atoms with E-state index in [9.17, 15) is 4.79 Å². The summed E-state index contributed by atoms with van der Waals surface area (Å²) in [7, 11) is 0. The molecular weight excluding hydrogens is 222 g/mol. The lowest BCUT2D eigenvalue weighted by Crippen LogP contribution is -2.37. The van der Waals surface area contributed by atoms with Gasteiger partial charge in [-0.05, 0) is 0 Å². The lowest BCUT2D eigenvalue weighted by molar-refractivity contribution is -0.115. The van der Waals surface area contributed by atoms with Crippen molar-refractivity contribution >= 4 is 5.91 Å². The standard InChI is InChI=1S/C7H10N6.C2H5NO/c8-1-2-12-4-7(3-9)13(5-10)6-11;1-2(3)4/h7,12H,1-2,4,8H2;1H3,(H2,3,4). The third-order valence-electron chi connectivity index (χ3n) is 1.33. The van der Waals surface area contributed by atoms with Crippen LogP contribution in [-0.4, -0.2) is 36.5 Å². The number of nitrogens with two attached hydrogens (primary N) is 2. The fourth-order valence-corrected chi connectivity index (χ4v) is 0.697. The van der Waals surface area contributed by atoms with Gasteiger partial charge in [-0.25, -0.2) is 0 Å². The molecule has 0 aliphatic heterocycles. The molecule has 0 radical (unpaired) electrons. The van der Waals surface area contributed by atoms with Gasteiger partial charge >= 0.3 is 0 Å². The van der Waals surface area contributed by atoms with Crippen molar-refractivity contribution in [3.05, 3.63) is 0 Å². The zero-order chi connectivity index (χ0) is 13.7. The van der Waals surface area contributed by atoms with Crippen LogP contribution in [0.25, 0.3) is 0 Å². The largest absolute Gasteiger partial charge is 0.370 e. The average molecular weight is 237 g/mol. The Hall–Kier alpha value is -2.34. The van der Waals surface area contributed by atoms with Gasteiger partial charge in [-0.15, -0.1) is 0 Å². The Balaban J connectivity index is 0. The summed E-state index contributed by atoms with van der Waals surface area (Å²) in [5, 5.41) is 28.3. The van der Waals surface area contributed by atoms with Crippen LogP contribution in [0.4, 0.5) is 0 Å². The summed E-state index contributed by atoms with van der Waals surface area (Å²) in [4.78, 5) is 9.96. The summed E-state index contributed by atoms with van der Waals surface area (Å²) >= 11 is 0. The van der Waals surface area contributed by atoms with E-state index in [2.05, 4.69) is 11.1 Å². The van der Waals surface area contributed by atoms with Gasteiger partial charge in [-0.3, -0.25) is 4.79 Å². The summed E-state index contributed by atoms with van der Waals surface area (Å²) in [5.74, 6) is -0.333. The molecule has 1 amide bonds. The Labute approximate surface area is 100.0 Å². The number of carbonyl (C=O) groups excluding carboxylic acids is 1. The second-order valence-corrected chi connectivity index (χ2v) is 2.82. The SMILES string of the molecule is CC(N)=O.N#CC(CNCCN)N(C#N)C#N. The van der Waals surface area contributed by atoms with E-state index in [1.54, 1.807) is 12.4 Å². The third-order valence-corrected chi connectivity index (χ3v) is 1.33. The van der Waals surface area contributed by atoms with E-state index in [0.29, 0.717) is 13.1 Å². The van der Waals surface area contributed by atoms with Gasteiger partial charge in [0.1, 0.15) is 0 Å². The highest BCUT2D eigenvalue weighted by Crippen LogP contribution is 1.92. The number of rotatable bonds is 5. The van der Waals surface area contributed by atoms with Crippen molar-refractivity contribution in [2.75, 3.05) is 19.6 Å². The van der Waals surface area contributed by atoms with Crippen LogP contribution in [0.15, 0.2) is 0 Å². The van der Waals surface area contributed by atoms with Crippen molar-refractivity contribution in [3.63, 3.8) is 0 Å². The first-order valence-electron chi connectivity index (χ1n) is 4.68. The molecule has 1 atom stereocenters. The molecule has 8 nitrogen and oxygen atoms in total. The Morgan fingerprint density at radius 2 is 1.88 bits per heavy atom. The number of hydrogen-bond donors (Lipinski definition) is 3. The lowest BCUT2D eigenvalue weighted by Gasteiger charge is -2.12. The van der Waals surface area contributed by atoms with E-state index in [-0.39, 0.29) is 12.5 Å². The van der Waals surface area contributed by atoms with Crippen LogP contribution in [0.1, 0.15) is 6.92 Å². The Morgan fingerprint density at radius 3 is 2.18 bits per heavy atom. The molecule has 0 fully saturated rings. The quantitative estimate of drug-likeness (QED) is 0.289. The Kier molecular flexibility index (Phi) is 11.8. The molecule has 0 saturated heterocycles. The highest BCUT2D eigenvalue weighted by atomic mass is 16.1. The molecular formula is C9H15N7O. The molecule has 92 valence electrons. The van der Waals surface area contributed by atoms with E-state index in [4.69, 9.17) is 21.5 Å². The number of hydrogen-bond acceptors (Lipinski definition) is 7. The van der Waals surface area contributed by atoms with Gasteiger partial charge in [0, 0.05) is 26.6 Å². The molecule has 0 aliphatic carbocycles. The molecule has 0 rings (SSSR count). The van der Waals surface area contributed by atoms with Crippen LogP contribution >= 0.6 is 0 Å². The molecule has 8 heteroatoms. The van der Waals surface area contributed by atoms with E-state index >= 15 is 0 Å². The van der Waals surface area contributed by atoms with Gasteiger partial charge in [0.25, 0.3) is 0 Å². The van der Waals surface area contributed by atoms with Crippen LogP contribution in [0, 0.1) is 34.2 Å². The van der Waals surface area contributed by atoms with Crippen molar-refractivity contribution in [2.24, 2.45) is 11.5 Å². The van der Waals surface area contributed by atoms with Gasteiger partial charge in [0.2, 0.25) is 5.91 Å². The molecule has 0 aliphatic rings. The molecule has 0 heterocycles. The van der Waals surface area contributed by atoms with Gasteiger partial charge in [-0.2, -0.15) is 20.7 Å². The summed E-state index contributed by atoms with van der Waals surface area (Å²) in [6.45, 7) is 2.58. The second kappa shape index (κ2) is 11.7. The highest BCUT2D eigenvalue weighted by Gasteiger charge is 2.14. The maximum absolute atomic E-state index is 9.22. The van der Waals surface area contributed by atoms with Crippen molar-refractivity contribution in [1.82, 2.24) is 10.2 Å². The number of nitrogens with zero attached hydrogens (tertiary/aromatic N) is 4. The van der Waals surface area contributed by atoms with Crippen LogP contribution in [0.5, 0.6) is 0 Å². The average Bonchev–Trinajstić information content (AvgIpc) is 2.28. The van der Waals surface area contributed by atoms with Crippen molar-refractivity contribution in [1.29, 1.82) is 15.8 Å². The number of primary amides is 1. The van der Waals surface area contributed by atoms with E-state index in [0.717, 1.165) is 4.90 Å². The Morgan fingerprint density at radius 1 is 1.41 bits per heavy atom. The van der Waals surface area contributed by atoms with E-state index < -0.39 is 6.04 Å². The summed E-state index contributed by atoms with van der Waals surface area (Å²) < 4.78 is 0. The summed E-state index contributed by atoms with van der Waals surface area (Å²) in [6.07, 6.45) is 3.22. The lowest BCUT2D eigenvalue weighted by atomic mass is 10.3. The van der Waals surface area contributed by atoms with Crippen LogP contribution in [-0.2, 0) is 4.79 Å². The minimum absolute atomic E-state index is 0.259. The fraction of sp³-hybridized carbons (Fsp3) is 0.556. The normalized spacial score (nSPS) is 9.59. The molecule has 0 aromatic carbocycles. The molecule has 0 aromatic rings. The first kappa shape index (κ1) is 17.1. The van der Waals surface area contributed by atoms with Crippen molar-refractivity contribution in [2.45, 2.75) is 13.0 Å². The van der Waals surface area contributed by atoms with Gasteiger partial charge in [0.05, 0.1) is 6.07 Å². The van der Waals surface area contributed by atoms with Crippen LogP contribution in [0.3, 0.4) is 0 Å². The fourth-order valence-electron chi connectivity index (χ4n) is 0.697. The van der Waals surface area contributed by atoms with Crippen molar-refractivity contribution in [3.8, 4) is 18.5 Å². The van der Waals surface area contributed by atoms with Gasteiger partial charge in [0.15, 0.2) is 18.4 Å². The minimum atomic E-state index is -0.749. The van der Waals surface area contributed by atoms with E-state index in [1.165, 1.54) is 6.92 Å². The highest BCUT2D eigenvalue weighted by molar-refractivity contribution is 5.70. The van der Waals surface area contributed by atoms with Crippen molar-refractivity contribution < 1.29 is 4.79 Å². The number of nitriles is 3. The zero-order valence-electron chi connectivity index (χ0n) is 9.55. The maximum Gasteiger partial charge on any atom is 0.214 e. The molecule has 17 heavy (non-hydrogen) atoms. The first-order valence-corrected chi connectivity index (χ1v) is 4.68. The monoisotopic (exact) mass is 237 g/mol. The number of nitrogens with one attached hydrogen (secondary N) is 1. The number of carbonyl (C=O) groups is 1. The maximum atomic E-state index is 9.22. The zero-order valence-corrected chi connectivity index (χ0v) is 9.55. The number of amides is 1. The molecule has 1 unspecified atom stereocenters. The third kappa shape index (κ3) is 11.6. The smallest absolute Gasteiger partial charge is 0.214 e. The topological polar surface area (TPSA) is 156 Å². The second-order valence-electron chi connectivity index (χ2n) is 2.82. The Bertz CT molecular complexity index is 317. The molecule has 0 aromatic heterocycles. The summed E-state index contributed by atoms with van der Waals surface area (Å²) in [6, 6.07) is 1.09. The predicted molar refractivity (Wildman–Crippen MR) is 59.3 cm³/mol. The van der Waals surface area contributed by atoms with Crippen LogP contribution < -0.4 is 16.8 Å². The van der Waals surface area contributed by atoms with Gasteiger partial charge < -0.3 is 16.8 Å². The van der Waals surface area contributed by atoms with Crippen LogP contribution in [0.2, 0.25) is 0 Å². The predicted octanol–water partition coefficient (Wildman–Crippen LogP) is -1.82. The van der Waals surface area contributed by atoms with Gasteiger partial charge in [-0.1, -0.05) is 0 Å². The minimum Gasteiger partial charge on any atom is -0.370 e. The molecule has 0 bridgehead atoms. The molecule has 0 spiro atoms. The first-order chi connectivity index (χ1) is 8.03.